The number of ether oxygens (including phenoxy) is 1. The maximum atomic E-state index is 11.5. The van der Waals surface area contributed by atoms with Crippen molar-refractivity contribution in [3.63, 3.8) is 0 Å². The molecule has 3 atom stereocenters. The van der Waals surface area contributed by atoms with Crippen LogP contribution in [0.15, 0.2) is 24.3 Å². The Labute approximate surface area is 114 Å². The number of esters is 1. The van der Waals surface area contributed by atoms with Crippen LogP contribution in [0, 0.1) is 5.92 Å². The fourth-order valence-corrected chi connectivity index (χ4v) is 2.81. The summed E-state index contributed by atoms with van der Waals surface area (Å²) in [5, 5.41) is 9.84. The quantitative estimate of drug-likeness (QED) is 0.849. The predicted octanol–water partition coefficient (Wildman–Crippen LogP) is 2.67. The van der Waals surface area contributed by atoms with Crippen LogP contribution in [0.5, 0.6) is 0 Å². The number of hydrogen-bond donors (Lipinski definition) is 1. The molecule has 0 saturated heterocycles. The van der Waals surface area contributed by atoms with Gasteiger partial charge in [-0.15, -0.1) is 0 Å². The Balaban J connectivity index is 2.00. The molecule has 1 fully saturated rings. The molecule has 104 valence electrons. The highest BCUT2D eigenvalue weighted by Gasteiger charge is 2.25. The fraction of sp³-hybridized carbons (Fsp3) is 0.562. The summed E-state index contributed by atoms with van der Waals surface area (Å²) in [6.07, 6.45) is 3.95. The number of rotatable bonds is 4. The lowest BCUT2D eigenvalue weighted by Gasteiger charge is -2.15. The molecule has 3 nitrogen and oxygen atoms in total. The Morgan fingerprint density at radius 2 is 2.05 bits per heavy atom. The largest absolute Gasteiger partial charge is 0.469 e. The highest BCUT2D eigenvalue weighted by atomic mass is 16.5. The van der Waals surface area contributed by atoms with Gasteiger partial charge in [-0.25, -0.2) is 0 Å². The Hall–Kier alpha value is -1.35. The summed E-state index contributed by atoms with van der Waals surface area (Å²) in [7, 11) is 1.41. The summed E-state index contributed by atoms with van der Waals surface area (Å²) in [5.74, 6) is -0.0426. The minimum atomic E-state index is -0.226. The second-order valence-electron chi connectivity index (χ2n) is 5.45. The average molecular weight is 262 g/mol. The molecular formula is C16H22O3. The number of methoxy groups -OCH3 is 1. The van der Waals surface area contributed by atoms with E-state index in [1.54, 1.807) is 0 Å². The van der Waals surface area contributed by atoms with Crippen molar-refractivity contribution < 1.29 is 14.6 Å². The maximum Gasteiger partial charge on any atom is 0.312 e. The minimum absolute atomic E-state index is 0.145. The van der Waals surface area contributed by atoms with Crippen LogP contribution < -0.4 is 0 Å². The van der Waals surface area contributed by atoms with E-state index >= 15 is 0 Å². The van der Waals surface area contributed by atoms with Gasteiger partial charge in [0, 0.05) is 0 Å². The molecule has 0 bridgehead atoms. The van der Waals surface area contributed by atoms with Crippen LogP contribution in [0.4, 0.5) is 0 Å². The third-order valence-electron chi connectivity index (χ3n) is 4.15. The van der Waals surface area contributed by atoms with Crippen LogP contribution in [-0.4, -0.2) is 24.3 Å². The van der Waals surface area contributed by atoms with E-state index < -0.39 is 0 Å². The van der Waals surface area contributed by atoms with Crippen LogP contribution in [-0.2, 0) is 16.0 Å². The van der Waals surface area contributed by atoms with Crippen molar-refractivity contribution in [3.05, 3.63) is 35.4 Å². The highest BCUT2D eigenvalue weighted by molar-refractivity contribution is 5.77. The van der Waals surface area contributed by atoms with Gasteiger partial charge < -0.3 is 9.84 Å². The van der Waals surface area contributed by atoms with Crippen molar-refractivity contribution in [3.8, 4) is 0 Å². The summed E-state index contributed by atoms with van der Waals surface area (Å²) in [6, 6.07) is 8.08. The zero-order chi connectivity index (χ0) is 13.8. The van der Waals surface area contributed by atoms with Crippen LogP contribution in [0.1, 0.15) is 43.2 Å². The van der Waals surface area contributed by atoms with Gasteiger partial charge in [0.25, 0.3) is 0 Å². The molecule has 0 aliphatic heterocycles. The topological polar surface area (TPSA) is 46.5 Å². The number of carbonyl (C=O) groups excluding carboxylic acids is 1. The Morgan fingerprint density at radius 3 is 2.58 bits per heavy atom. The molecule has 0 amide bonds. The van der Waals surface area contributed by atoms with Crippen molar-refractivity contribution in [2.45, 2.75) is 44.6 Å². The zero-order valence-corrected chi connectivity index (χ0v) is 11.6. The Bertz CT molecular complexity index is 424. The smallest absolute Gasteiger partial charge is 0.312 e. The number of carbonyl (C=O) groups is 1. The summed E-state index contributed by atoms with van der Waals surface area (Å²) < 4.78 is 4.75. The van der Waals surface area contributed by atoms with Crippen LogP contribution in [0.3, 0.4) is 0 Å². The second kappa shape index (κ2) is 6.20. The first-order valence-electron chi connectivity index (χ1n) is 6.96. The average Bonchev–Trinajstić information content (AvgIpc) is 2.83. The minimum Gasteiger partial charge on any atom is -0.469 e. The number of benzene rings is 1. The van der Waals surface area contributed by atoms with E-state index in [2.05, 4.69) is 12.1 Å². The predicted molar refractivity (Wildman–Crippen MR) is 73.9 cm³/mol. The molecular weight excluding hydrogens is 240 g/mol. The van der Waals surface area contributed by atoms with Crippen molar-refractivity contribution in [2.75, 3.05) is 7.11 Å². The summed E-state index contributed by atoms with van der Waals surface area (Å²) in [4.78, 5) is 11.5. The van der Waals surface area contributed by atoms with E-state index in [1.165, 1.54) is 12.7 Å². The van der Waals surface area contributed by atoms with Gasteiger partial charge in [0.1, 0.15) is 0 Å². The molecule has 1 aliphatic carbocycles. The molecule has 0 aromatic heterocycles. The fourth-order valence-electron chi connectivity index (χ4n) is 2.81. The van der Waals surface area contributed by atoms with Gasteiger partial charge in [0.05, 0.1) is 19.1 Å². The van der Waals surface area contributed by atoms with Crippen LogP contribution in [0.2, 0.25) is 0 Å². The summed E-state index contributed by atoms with van der Waals surface area (Å²) in [6.45, 7) is 1.85. The molecule has 3 heteroatoms. The molecule has 1 N–H and O–H groups in total. The maximum absolute atomic E-state index is 11.5. The normalized spacial score (nSPS) is 24.2. The van der Waals surface area contributed by atoms with Gasteiger partial charge in [-0.2, -0.15) is 0 Å². The van der Waals surface area contributed by atoms with Crippen LogP contribution >= 0.6 is 0 Å². The van der Waals surface area contributed by atoms with E-state index in [-0.39, 0.29) is 18.0 Å². The molecule has 1 aromatic carbocycles. The molecule has 2 rings (SSSR count). The van der Waals surface area contributed by atoms with Crippen molar-refractivity contribution in [2.24, 2.45) is 5.92 Å². The van der Waals surface area contributed by atoms with Gasteiger partial charge in [-0.3, -0.25) is 4.79 Å². The van der Waals surface area contributed by atoms with E-state index in [0.29, 0.717) is 5.92 Å². The molecule has 1 unspecified atom stereocenters. The first-order valence-corrected chi connectivity index (χ1v) is 6.96. The first kappa shape index (κ1) is 14.1. The standard InChI is InChI=1S/C16H22O3/c1-11(16(18)19-2)13-8-6-12(7-9-13)10-14-4-3-5-15(14)17/h6-9,11,14-15,17H,3-5,10H2,1-2H3/t11?,14-,15-/m1/s1. The van der Waals surface area contributed by atoms with Gasteiger partial charge in [-0.05, 0) is 43.2 Å². The monoisotopic (exact) mass is 262 g/mol. The molecule has 0 radical (unpaired) electrons. The molecule has 1 saturated carbocycles. The number of aliphatic hydroxyl groups excluding tert-OH is 1. The van der Waals surface area contributed by atoms with Gasteiger partial charge >= 0.3 is 5.97 Å². The van der Waals surface area contributed by atoms with Gasteiger partial charge in [0.2, 0.25) is 0 Å². The van der Waals surface area contributed by atoms with Crippen molar-refractivity contribution in [1.82, 2.24) is 0 Å². The Kier molecular flexibility index (Phi) is 4.59. The highest BCUT2D eigenvalue weighted by Crippen LogP contribution is 2.29. The van der Waals surface area contributed by atoms with E-state index in [9.17, 15) is 9.90 Å². The Morgan fingerprint density at radius 1 is 1.37 bits per heavy atom. The third-order valence-corrected chi connectivity index (χ3v) is 4.15. The summed E-state index contributed by atoms with van der Waals surface area (Å²) >= 11 is 0. The van der Waals surface area contributed by atoms with Gasteiger partial charge in [0.15, 0.2) is 0 Å². The lowest BCUT2D eigenvalue weighted by molar-refractivity contribution is -0.141. The van der Waals surface area contributed by atoms with Crippen molar-refractivity contribution >= 4 is 5.97 Å². The first-order chi connectivity index (χ1) is 9.11. The molecule has 19 heavy (non-hydrogen) atoms. The third kappa shape index (κ3) is 3.35. The van der Waals surface area contributed by atoms with Crippen molar-refractivity contribution in [1.29, 1.82) is 0 Å². The zero-order valence-electron chi connectivity index (χ0n) is 11.6. The number of aliphatic hydroxyl groups is 1. The molecule has 1 aromatic rings. The van der Waals surface area contributed by atoms with Gasteiger partial charge in [-0.1, -0.05) is 30.7 Å². The molecule has 1 aliphatic rings. The molecule has 0 heterocycles. The lowest BCUT2D eigenvalue weighted by Crippen LogP contribution is -2.15. The second-order valence-corrected chi connectivity index (χ2v) is 5.45. The lowest BCUT2D eigenvalue weighted by atomic mass is 9.94. The summed E-state index contributed by atoms with van der Waals surface area (Å²) in [5.41, 5.74) is 2.20. The van der Waals surface area contributed by atoms with E-state index in [0.717, 1.165) is 31.2 Å². The number of hydrogen-bond acceptors (Lipinski definition) is 3. The van der Waals surface area contributed by atoms with Crippen LogP contribution in [0.25, 0.3) is 0 Å². The van der Waals surface area contributed by atoms with E-state index in [4.69, 9.17) is 4.74 Å². The SMILES string of the molecule is COC(=O)C(C)c1ccc(C[C@H]2CCC[C@H]2O)cc1. The molecule has 0 spiro atoms. The van der Waals surface area contributed by atoms with E-state index in [1.807, 2.05) is 19.1 Å².